The summed E-state index contributed by atoms with van der Waals surface area (Å²) < 4.78 is 71.0. The molecule has 1 N–H and O–H groups in total. The number of hydrogen-bond donors (Lipinski definition) is 1. The van der Waals surface area contributed by atoms with Gasteiger partial charge in [0.25, 0.3) is 5.56 Å². The van der Waals surface area contributed by atoms with Crippen LogP contribution in [0.4, 0.5) is 14.5 Å². The molecule has 2 aromatic carbocycles. The molecule has 1 saturated heterocycles. The smallest absolute Gasteiger partial charge is 0.495 e. The zero-order valence-corrected chi connectivity index (χ0v) is 24.1. The van der Waals surface area contributed by atoms with E-state index in [1.165, 1.54) is 53.0 Å². The lowest BCUT2D eigenvalue weighted by Crippen LogP contribution is -2.39. The quantitative estimate of drug-likeness (QED) is 0.311. The normalized spacial score (nSPS) is 17.7. The number of methoxy groups -OCH3 is 1. The van der Waals surface area contributed by atoms with Crippen molar-refractivity contribution in [2.24, 2.45) is 0 Å². The van der Waals surface area contributed by atoms with E-state index in [2.05, 4.69) is 24.5 Å². The van der Waals surface area contributed by atoms with Gasteiger partial charge in [0, 0.05) is 36.4 Å². The van der Waals surface area contributed by atoms with Gasteiger partial charge in [0.2, 0.25) is 15.9 Å². The molecule has 3 aliphatic rings. The van der Waals surface area contributed by atoms with E-state index in [9.17, 15) is 26.8 Å². The van der Waals surface area contributed by atoms with Crippen LogP contribution in [-0.4, -0.2) is 70.9 Å². The lowest BCUT2D eigenvalue weighted by molar-refractivity contribution is -0.286. The number of anilines is 1. The minimum absolute atomic E-state index is 0.0491. The molecule has 0 atom stereocenters. The van der Waals surface area contributed by atoms with E-state index >= 15 is 0 Å². The summed E-state index contributed by atoms with van der Waals surface area (Å²) in [5.41, 5.74) is 0.486. The monoisotopic (exact) mass is 628 g/mol. The number of nitrogens with one attached hydrogen (secondary N) is 1. The fourth-order valence-corrected chi connectivity index (χ4v) is 7.26. The standard InChI is InChI=1S/C28H26F2N6O7S/c1-41-20-8-4-16(12-22(20)44(39,40)34-10-2-3-11-34)24-25-26(32-15-31-25)27(38)35(33-24)14-23(37)36(17-5-6-17)18-7-9-19-21(13-18)43-28(29,30)42-19/h4,7-9,12-13,15,17H,2-3,5-6,10-11,14H2,1H3,(H,31,32). The number of sulfonamides is 1. The number of carbonyl (C=O) groups is 1. The Morgan fingerprint density at radius 1 is 1.14 bits per heavy atom. The van der Waals surface area contributed by atoms with Gasteiger partial charge in [-0.05, 0) is 56.0 Å². The van der Waals surface area contributed by atoms with Crippen LogP contribution in [0.25, 0.3) is 22.3 Å². The van der Waals surface area contributed by atoms with Crippen LogP contribution in [0.15, 0.2) is 52.4 Å². The highest BCUT2D eigenvalue weighted by atomic mass is 32.2. The van der Waals surface area contributed by atoms with Crippen molar-refractivity contribution < 1.29 is 36.2 Å². The highest BCUT2D eigenvalue weighted by molar-refractivity contribution is 7.89. The van der Waals surface area contributed by atoms with Gasteiger partial charge in [0.05, 0.1) is 13.4 Å². The molecule has 44 heavy (non-hydrogen) atoms. The summed E-state index contributed by atoms with van der Waals surface area (Å²) in [6, 6.07) is 8.41. The zero-order valence-electron chi connectivity index (χ0n) is 23.3. The number of amides is 1. The molecule has 0 bridgehead atoms. The molecule has 1 aliphatic carbocycles. The molecule has 4 heterocycles. The van der Waals surface area contributed by atoms with Gasteiger partial charge in [-0.2, -0.15) is 9.40 Å². The predicted molar refractivity (Wildman–Crippen MR) is 151 cm³/mol. The lowest BCUT2D eigenvalue weighted by atomic mass is 10.1. The van der Waals surface area contributed by atoms with Crippen molar-refractivity contribution in [3.8, 4) is 28.5 Å². The van der Waals surface area contributed by atoms with Crippen molar-refractivity contribution in [3.05, 3.63) is 53.1 Å². The Kier molecular flexibility index (Phi) is 6.58. The second kappa shape index (κ2) is 10.3. The zero-order chi connectivity index (χ0) is 30.8. The molecule has 2 fully saturated rings. The van der Waals surface area contributed by atoms with Crippen molar-refractivity contribution >= 4 is 32.7 Å². The minimum Gasteiger partial charge on any atom is -0.495 e. The summed E-state index contributed by atoms with van der Waals surface area (Å²) in [6.45, 7) is 0.304. The first-order chi connectivity index (χ1) is 21.1. The number of nitrogens with zero attached hydrogens (tertiary/aromatic N) is 5. The van der Waals surface area contributed by atoms with E-state index in [1.807, 2.05) is 0 Å². The second-order valence-corrected chi connectivity index (χ2v) is 12.6. The Morgan fingerprint density at radius 3 is 2.61 bits per heavy atom. The first-order valence-corrected chi connectivity index (χ1v) is 15.3. The summed E-state index contributed by atoms with van der Waals surface area (Å²) in [5.74, 6) is -0.713. The Hall–Kier alpha value is -4.57. The van der Waals surface area contributed by atoms with Crippen molar-refractivity contribution in [1.82, 2.24) is 24.1 Å². The second-order valence-electron chi connectivity index (χ2n) is 10.7. The Morgan fingerprint density at radius 2 is 1.89 bits per heavy atom. The maximum absolute atomic E-state index is 13.7. The molecule has 1 amide bonds. The Balaban J connectivity index is 1.26. The van der Waals surface area contributed by atoms with Gasteiger partial charge >= 0.3 is 6.29 Å². The highest BCUT2D eigenvalue weighted by Gasteiger charge is 2.44. The summed E-state index contributed by atoms with van der Waals surface area (Å²) >= 11 is 0. The van der Waals surface area contributed by atoms with E-state index in [0.29, 0.717) is 37.2 Å². The van der Waals surface area contributed by atoms with Gasteiger partial charge in [-0.1, -0.05) is 0 Å². The molecule has 2 aromatic heterocycles. The molecule has 16 heteroatoms. The van der Waals surface area contributed by atoms with Gasteiger partial charge < -0.3 is 24.1 Å². The Bertz CT molecular complexity index is 1970. The number of fused-ring (bicyclic) bond motifs is 2. The van der Waals surface area contributed by atoms with Crippen LogP contribution in [0.5, 0.6) is 17.2 Å². The molecule has 1 saturated carbocycles. The molecular formula is C28H26F2N6O7S. The van der Waals surface area contributed by atoms with Crippen molar-refractivity contribution in [2.75, 3.05) is 25.1 Å². The van der Waals surface area contributed by atoms with E-state index in [-0.39, 0.29) is 44.9 Å². The fourth-order valence-electron chi connectivity index (χ4n) is 5.56. The van der Waals surface area contributed by atoms with Crippen LogP contribution in [0, 0.1) is 0 Å². The number of carbonyl (C=O) groups excluding carboxylic acids is 1. The number of rotatable bonds is 8. The maximum atomic E-state index is 13.7. The van der Waals surface area contributed by atoms with Gasteiger partial charge in [-0.15, -0.1) is 8.78 Å². The number of aromatic nitrogens is 4. The molecule has 230 valence electrons. The molecule has 7 rings (SSSR count). The van der Waals surface area contributed by atoms with Crippen molar-refractivity contribution in [3.63, 3.8) is 0 Å². The lowest BCUT2D eigenvalue weighted by Gasteiger charge is -2.23. The fraction of sp³-hybridized carbons (Fsp3) is 0.357. The van der Waals surface area contributed by atoms with Gasteiger partial charge in [-0.3, -0.25) is 9.59 Å². The molecule has 2 aliphatic heterocycles. The third-order valence-corrected chi connectivity index (χ3v) is 9.70. The minimum atomic E-state index is -3.89. The van der Waals surface area contributed by atoms with E-state index in [1.54, 1.807) is 6.07 Å². The number of hydrogen-bond acceptors (Lipinski definition) is 9. The number of benzene rings is 2. The molecular weight excluding hydrogens is 602 g/mol. The largest absolute Gasteiger partial charge is 0.586 e. The molecule has 13 nitrogen and oxygen atoms in total. The molecule has 0 unspecified atom stereocenters. The molecule has 0 spiro atoms. The predicted octanol–water partition coefficient (Wildman–Crippen LogP) is 3.10. The average Bonchev–Trinajstić information content (AvgIpc) is 3.36. The number of H-pyrrole nitrogens is 1. The molecule has 0 radical (unpaired) electrons. The Labute approximate surface area is 249 Å². The van der Waals surface area contributed by atoms with Crippen LogP contribution in [0.2, 0.25) is 0 Å². The van der Waals surface area contributed by atoms with Crippen LogP contribution >= 0.6 is 0 Å². The highest BCUT2D eigenvalue weighted by Crippen LogP contribution is 2.44. The third kappa shape index (κ3) is 4.83. The maximum Gasteiger partial charge on any atom is 0.586 e. The number of ether oxygens (including phenoxy) is 3. The number of imidazole rings is 1. The number of halogens is 2. The van der Waals surface area contributed by atoms with E-state index in [0.717, 1.165) is 17.5 Å². The number of alkyl halides is 2. The third-order valence-electron chi connectivity index (χ3n) is 7.78. The van der Waals surface area contributed by atoms with Crippen LogP contribution in [0.3, 0.4) is 0 Å². The molecule has 4 aromatic rings. The topological polar surface area (TPSA) is 149 Å². The van der Waals surface area contributed by atoms with Gasteiger partial charge in [0.1, 0.15) is 33.9 Å². The van der Waals surface area contributed by atoms with Crippen molar-refractivity contribution in [1.29, 1.82) is 0 Å². The van der Waals surface area contributed by atoms with E-state index < -0.39 is 34.3 Å². The number of aromatic amines is 1. The first-order valence-electron chi connectivity index (χ1n) is 13.9. The summed E-state index contributed by atoms with van der Waals surface area (Å²) in [5, 5.41) is 4.47. The summed E-state index contributed by atoms with van der Waals surface area (Å²) in [4.78, 5) is 35.5. The van der Waals surface area contributed by atoms with Gasteiger partial charge in [0.15, 0.2) is 11.5 Å². The summed E-state index contributed by atoms with van der Waals surface area (Å²) in [7, 11) is -2.51. The van der Waals surface area contributed by atoms with Crippen LogP contribution in [0.1, 0.15) is 25.7 Å². The van der Waals surface area contributed by atoms with Crippen molar-refractivity contribution in [2.45, 2.75) is 49.5 Å². The first kappa shape index (κ1) is 28.2. The SMILES string of the molecule is COc1ccc(-c2nn(CC(=O)N(c3ccc4c(c3)OC(F)(F)O4)C3CC3)c(=O)c3[nH]cnc23)cc1S(=O)(=O)N1CCCC1. The van der Waals surface area contributed by atoms with Crippen LogP contribution in [-0.2, 0) is 21.4 Å². The van der Waals surface area contributed by atoms with E-state index in [4.69, 9.17) is 4.74 Å². The van der Waals surface area contributed by atoms with Gasteiger partial charge in [-0.25, -0.2) is 18.1 Å². The summed E-state index contributed by atoms with van der Waals surface area (Å²) in [6.07, 6.45) is 0.386. The average molecular weight is 629 g/mol. The van der Waals surface area contributed by atoms with Crippen LogP contribution < -0.4 is 24.7 Å².